The van der Waals surface area contributed by atoms with Crippen molar-refractivity contribution >= 4 is 27.7 Å². The van der Waals surface area contributed by atoms with Crippen LogP contribution < -0.4 is 4.74 Å². The number of hydrogen-bond donors (Lipinski definition) is 0. The van der Waals surface area contributed by atoms with Crippen molar-refractivity contribution in [2.75, 3.05) is 46.0 Å². The number of nitrogens with zero attached hydrogens (tertiary/aromatic N) is 2. The van der Waals surface area contributed by atoms with Crippen LogP contribution in [0.3, 0.4) is 0 Å². The Bertz CT molecular complexity index is 594. The zero-order valence-electron chi connectivity index (χ0n) is 14.2. The molecule has 0 unspecified atom stereocenters. The maximum atomic E-state index is 12.5. The lowest BCUT2D eigenvalue weighted by atomic mass is 9.95. The van der Waals surface area contributed by atoms with Gasteiger partial charge in [-0.2, -0.15) is 0 Å². The molecule has 7 heteroatoms. The largest absolute Gasteiger partial charge is 0.484 e. The summed E-state index contributed by atoms with van der Waals surface area (Å²) < 4.78 is 11.8. The lowest BCUT2D eigenvalue weighted by Gasteiger charge is -2.35. The van der Waals surface area contributed by atoms with Gasteiger partial charge in [0.05, 0.1) is 13.2 Å². The molecule has 0 atom stereocenters. The van der Waals surface area contributed by atoms with Gasteiger partial charge in [0.2, 0.25) is 5.91 Å². The Labute approximate surface area is 156 Å². The van der Waals surface area contributed by atoms with E-state index in [1.54, 1.807) is 4.90 Å². The van der Waals surface area contributed by atoms with E-state index in [-0.39, 0.29) is 24.3 Å². The maximum Gasteiger partial charge on any atom is 0.260 e. The summed E-state index contributed by atoms with van der Waals surface area (Å²) in [5.74, 6) is 0.880. The first kappa shape index (κ1) is 18.2. The van der Waals surface area contributed by atoms with Gasteiger partial charge in [0.1, 0.15) is 5.75 Å². The molecule has 2 aliphatic rings. The highest BCUT2D eigenvalue weighted by atomic mass is 79.9. The summed E-state index contributed by atoms with van der Waals surface area (Å²) in [6, 6.07) is 7.40. The fourth-order valence-corrected chi connectivity index (χ4v) is 3.45. The molecule has 0 radical (unpaired) electrons. The molecule has 0 spiro atoms. The van der Waals surface area contributed by atoms with Crippen LogP contribution in [-0.2, 0) is 14.3 Å². The van der Waals surface area contributed by atoms with E-state index in [4.69, 9.17) is 9.47 Å². The normalized spacial score (nSPS) is 18.9. The molecule has 0 saturated carbocycles. The van der Waals surface area contributed by atoms with Crippen LogP contribution in [-0.4, -0.2) is 67.6 Å². The number of benzene rings is 1. The van der Waals surface area contributed by atoms with Crippen LogP contribution in [0.1, 0.15) is 12.8 Å². The Hall–Kier alpha value is -1.60. The van der Waals surface area contributed by atoms with E-state index in [0.717, 1.165) is 17.3 Å². The minimum absolute atomic E-state index is 0.0227. The molecule has 2 saturated heterocycles. The molecule has 0 aliphatic carbocycles. The lowest BCUT2D eigenvalue weighted by Crippen LogP contribution is -2.48. The van der Waals surface area contributed by atoms with E-state index in [2.05, 4.69) is 15.9 Å². The SMILES string of the molecule is O=C(COc1ccc(Br)cc1)N1CCC(C(=O)N2CCOCC2)CC1. The average molecular weight is 411 g/mol. The van der Waals surface area contributed by atoms with Crippen molar-refractivity contribution in [3.05, 3.63) is 28.7 Å². The summed E-state index contributed by atoms with van der Waals surface area (Å²) in [5.41, 5.74) is 0. The van der Waals surface area contributed by atoms with Crippen LogP contribution in [0.15, 0.2) is 28.7 Å². The van der Waals surface area contributed by atoms with Crippen LogP contribution in [0.25, 0.3) is 0 Å². The topological polar surface area (TPSA) is 59.1 Å². The van der Waals surface area contributed by atoms with Gasteiger partial charge in [0.25, 0.3) is 5.91 Å². The second kappa shape index (κ2) is 8.67. The highest BCUT2D eigenvalue weighted by Crippen LogP contribution is 2.21. The molecule has 0 bridgehead atoms. The molecular formula is C18H23BrN2O4. The van der Waals surface area contributed by atoms with Gasteiger partial charge in [0, 0.05) is 36.6 Å². The summed E-state index contributed by atoms with van der Waals surface area (Å²) in [6.45, 7) is 3.86. The molecule has 2 fully saturated rings. The van der Waals surface area contributed by atoms with E-state index in [1.807, 2.05) is 29.2 Å². The summed E-state index contributed by atoms with van der Waals surface area (Å²) in [7, 11) is 0. The van der Waals surface area contributed by atoms with Crippen LogP contribution in [0.5, 0.6) is 5.75 Å². The Morgan fingerprint density at radius 1 is 1.04 bits per heavy atom. The second-order valence-corrected chi connectivity index (χ2v) is 7.25. The smallest absolute Gasteiger partial charge is 0.260 e. The first-order chi connectivity index (χ1) is 12.1. The molecular weight excluding hydrogens is 388 g/mol. The first-order valence-electron chi connectivity index (χ1n) is 8.66. The molecule has 25 heavy (non-hydrogen) atoms. The molecule has 136 valence electrons. The Morgan fingerprint density at radius 3 is 2.32 bits per heavy atom. The summed E-state index contributed by atoms with van der Waals surface area (Å²) in [4.78, 5) is 28.5. The lowest BCUT2D eigenvalue weighted by molar-refractivity contribution is -0.144. The molecule has 2 heterocycles. The number of amides is 2. The second-order valence-electron chi connectivity index (χ2n) is 6.34. The van der Waals surface area contributed by atoms with Gasteiger partial charge in [-0.25, -0.2) is 0 Å². The van der Waals surface area contributed by atoms with Crippen LogP contribution in [0.2, 0.25) is 0 Å². The fraction of sp³-hybridized carbons (Fsp3) is 0.556. The average Bonchev–Trinajstić information content (AvgIpc) is 2.67. The molecule has 0 N–H and O–H groups in total. The number of hydrogen-bond acceptors (Lipinski definition) is 4. The van der Waals surface area contributed by atoms with Gasteiger partial charge < -0.3 is 19.3 Å². The predicted molar refractivity (Wildman–Crippen MR) is 96.3 cm³/mol. The highest BCUT2D eigenvalue weighted by Gasteiger charge is 2.30. The van der Waals surface area contributed by atoms with Crippen molar-refractivity contribution in [1.29, 1.82) is 0 Å². The van der Waals surface area contributed by atoms with E-state index in [9.17, 15) is 9.59 Å². The van der Waals surface area contributed by atoms with E-state index in [1.165, 1.54) is 0 Å². The third kappa shape index (κ3) is 4.95. The van der Waals surface area contributed by atoms with Gasteiger partial charge in [-0.1, -0.05) is 15.9 Å². The zero-order valence-corrected chi connectivity index (χ0v) is 15.7. The summed E-state index contributed by atoms with van der Waals surface area (Å²) in [5, 5.41) is 0. The van der Waals surface area contributed by atoms with E-state index >= 15 is 0 Å². The van der Waals surface area contributed by atoms with Crippen molar-refractivity contribution in [2.45, 2.75) is 12.8 Å². The number of carbonyl (C=O) groups excluding carboxylic acids is 2. The number of likely N-dealkylation sites (tertiary alicyclic amines) is 1. The van der Waals surface area contributed by atoms with E-state index in [0.29, 0.717) is 45.1 Å². The Morgan fingerprint density at radius 2 is 1.68 bits per heavy atom. The number of carbonyl (C=O) groups is 2. The molecule has 6 nitrogen and oxygen atoms in total. The van der Waals surface area contributed by atoms with Gasteiger partial charge in [0.15, 0.2) is 6.61 Å². The Kier molecular flexibility index (Phi) is 6.31. The molecule has 2 aliphatic heterocycles. The van der Waals surface area contributed by atoms with Crippen molar-refractivity contribution < 1.29 is 19.1 Å². The number of piperidine rings is 1. The van der Waals surface area contributed by atoms with Gasteiger partial charge in [-0.3, -0.25) is 9.59 Å². The summed E-state index contributed by atoms with van der Waals surface area (Å²) >= 11 is 3.37. The van der Waals surface area contributed by atoms with Crippen molar-refractivity contribution in [3.63, 3.8) is 0 Å². The highest BCUT2D eigenvalue weighted by molar-refractivity contribution is 9.10. The van der Waals surface area contributed by atoms with Crippen molar-refractivity contribution in [3.8, 4) is 5.75 Å². The van der Waals surface area contributed by atoms with Gasteiger partial charge in [-0.15, -0.1) is 0 Å². The Balaban J connectivity index is 1.42. The van der Waals surface area contributed by atoms with Crippen LogP contribution in [0, 0.1) is 5.92 Å². The standard InChI is InChI=1S/C18H23BrN2O4/c19-15-1-3-16(4-2-15)25-13-17(22)20-7-5-14(6-8-20)18(23)21-9-11-24-12-10-21/h1-4,14H,5-13H2. The van der Waals surface area contributed by atoms with Crippen molar-refractivity contribution in [1.82, 2.24) is 9.80 Å². The fourth-order valence-electron chi connectivity index (χ4n) is 3.18. The molecule has 0 aromatic heterocycles. The monoisotopic (exact) mass is 410 g/mol. The third-order valence-electron chi connectivity index (χ3n) is 4.70. The maximum absolute atomic E-state index is 12.5. The molecule has 1 aromatic rings. The number of halogens is 1. The number of morpholine rings is 1. The molecule has 2 amide bonds. The minimum Gasteiger partial charge on any atom is -0.484 e. The van der Waals surface area contributed by atoms with Crippen molar-refractivity contribution in [2.24, 2.45) is 5.92 Å². The third-order valence-corrected chi connectivity index (χ3v) is 5.22. The molecule has 1 aromatic carbocycles. The number of ether oxygens (including phenoxy) is 2. The quantitative estimate of drug-likeness (QED) is 0.760. The summed E-state index contributed by atoms with van der Waals surface area (Å²) in [6.07, 6.45) is 1.44. The number of rotatable bonds is 4. The van der Waals surface area contributed by atoms with Gasteiger partial charge >= 0.3 is 0 Å². The van der Waals surface area contributed by atoms with Crippen LogP contribution in [0.4, 0.5) is 0 Å². The predicted octanol–water partition coefficient (Wildman–Crippen LogP) is 1.93. The van der Waals surface area contributed by atoms with Gasteiger partial charge in [-0.05, 0) is 37.1 Å². The van der Waals surface area contributed by atoms with E-state index < -0.39 is 0 Å². The zero-order chi connectivity index (χ0) is 17.6. The first-order valence-corrected chi connectivity index (χ1v) is 9.45. The molecule has 3 rings (SSSR count). The van der Waals surface area contributed by atoms with Crippen LogP contribution >= 0.6 is 15.9 Å². The minimum atomic E-state index is -0.0276.